The summed E-state index contributed by atoms with van der Waals surface area (Å²) in [4.78, 5) is 0. The van der Waals surface area contributed by atoms with Gasteiger partial charge in [-0.3, -0.25) is 0 Å². The predicted octanol–water partition coefficient (Wildman–Crippen LogP) is 5.80. The van der Waals surface area contributed by atoms with Crippen LogP contribution < -0.4 is 0 Å². The van der Waals surface area contributed by atoms with E-state index in [1.807, 2.05) is 38.2 Å². The van der Waals surface area contributed by atoms with Crippen molar-refractivity contribution in [2.24, 2.45) is 0 Å². The van der Waals surface area contributed by atoms with Crippen molar-refractivity contribution in [3.63, 3.8) is 0 Å². The minimum Gasteiger partial charge on any atom is -0.0996 e. The van der Waals surface area contributed by atoms with E-state index in [0.29, 0.717) is 0 Å². The van der Waals surface area contributed by atoms with Crippen molar-refractivity contribution in [1.29, 1.82) is 0 Å². The van der Waals surface area contributed by atoms with Crippen molar-refractivity contribution >= 4 is 7.28 Å². The van der Waals surface area contributed by atoms with E-state index in [4.69, 9.17) is 0 Å². The average molecular weight is 287 g/mol. The Morgan fingerprint density at radius 3 is 2.27 bits per heavy atom. The Balaban J connectivity index is 3.55. The lowest BCUT2D eigenvalue weighted by Crippen LogP contribution is -1.98. The fourth-order valence-electron chi connectivity index (χ4n) is 2.49. The van der Waals surface area contributed by atoms with Crippen molar-refractivity contribution in [2.45, 2.75) is 20.8 Å². The maximum atomic E-state index is 4.19. The summed E-state index contributed by atoms with van der Waals surface area (Å²) in [5.74, 6) is 0. The van der Waals surface area contributed by atoms with Gasteiger partial charge in [0.15, 0.2) is 7.28 Å². The Morgan fingerprint density at radius 2 is 1.77 bits per heavy atom. The van der Waals surface area contributed by atoms with Crippen LogP contribution in [0.3, 0.4) is 0 Å². The number of hydrogen-bond acceptors (Lipinski definition) is 0. The lowest BCUT2D eigenvalue weighted by molar-refractivity contribution is 1.35. The van der Waals surface area contributed by atoms with Crippen LogP contribution in [-0.2, 0) is 0 Å². The van der Waals surface area contributed by atoms with Gasteiger partial charge in [-0.05, 0) is 48.6 Å². The summed E-state index contributed by atoms with van der Waals surface area (Å²) in [7, 11) is 2.15. The smallest absolute Gasteiger partial charge is 0.0996 e. The number of rotatable bonds is 7. The molecule has 0 fully saturated rings. The van der Waals surface area contributed by atoms with Crippen molar-refractivity contribution in [3.05, 3.63) is 108 Å². The van der Waals surface area contributed by atoms with E-state index in [0.717, 1.165) is 27.7 Å². The van der Waals surface area contributed by atoms with E-state index >= 15 is 0 Å². The standard InChI is InChI=1S/C21H24B/c1-8-12-16(6)21-20(17(7)14-15(5)10-3)18(13-9-2)19(11-4)22-21/h8-14H,3-6H2,1-2,7H3/b12-8-,13-9-,17-14+. The zero-order chi connectivity index (χ0) is 16.7. The topological polar surface area (TPSA) is 0 Å². The lowest BCUT2D eigenvalue weighted by atomic mass is 9.63. The maximum Gasteiger partial charge on any atom is 0.193 e. The zero-order valence-corrected chi connectivity index (χ0v) is 13.9. The molecule has 0 aromatic carbocycles. The Hall–Kier alpha value is -2.28. The maximum absolute atomic E-state index is 4.19. The van der Waals surface area contributed by atoms with Crippen LogP contribution in [0.15, 0.2) is 108 Å². The Kier molecular flexibility index (Phi) is 6.66. The summed E-state index contributed by atoms with van der Waals surface area (Å²) in [5.41, 5.74) is 7.63. The molecule has 0 aromatic heterocycles. The normalized spacial score (nSPS) is 15.7. The molecule has 0 saturated heterocycles. The Labute approximate surface area is 136 Å². The van der Waals surface area contributed by atoms with Gasteiger partial charge in [0.25, 0.3) is 0 Å². The molecule has 0 saturated carbocycles. The molecular weight excluding hydrogens is 263 g/mol. The second-order valence-electron chi connectivity index (χ2n) is 5.14. The third kappa shape index (κ3) is 3.88. The summed E-state index contributed by atoms with van der Waals surface area (Å²) >= 11 is 0. The first-order valence-electron chi connectivity index (χ1n) is 7.40. The molecule has 0 aromatic rings. The monoisotopic (exact) mass is 287 g/mol. The van der Waals surface area contributed by atoms with Crippen molar-refractivity contribution in [1.82, 2.24) is 0 Å². The minimum absolute atomic E-state index is 0.896. The number of allylic oxidation sites excluding steroid dienone is 14. The second kappa shape index (κ2) is 8.24. The van der Waals surface area contributed by atoms with Crippen molar-refractivity contribution < 1.29 is 0 Å². The van der Waals surface area contributed by atoms with E-state index in [1.54, 1.807) is 6.08 Å². The fraction of sp³-hybridized carbons (Fsp3) is 0.143. The molecule has 0 bridgehead atoms. The third-order valence-corrected chi connectivity index (χ3v) is 3.47. The highest BCUT2D eigenvalue weighted by Crippen LogP contribution is 2.36. The van der Waals surface area contributed by atoms with Gasteiger partial charge in [-0.25, -0.2) is 0 Å². The molecule has 0 aliphatic carbocycles. The zero-order valence-electron chi connectivity index (χ0n) is 13.9. The molecule has 1 rings (SSSR count). The summed E-state index contributed by atoms with van der Waals surface area (Å²) in [6, 6.07) is 0. The van der Waals surface area contributed by atoms with Crippen LogP contribution in [0.2, 0.25) is 0 Å². The molecule has 1 heterocycles. The highest BCUT2D eigenvalue weighted by atomic mass is 14.2. The van der Waals surface area contributed by atoms with E-state index < -0.39 is 0 Å². The first-order valence-corrected chi connectivity index (χ1v) is 7.40. The lowest BCUT2D eigenvalue weighted by Gasteiger charge is -2.12. The number of hydrogen-bond donors (Lipinski definition) is 0. The largest absolute Gasteiger partial charge is 0.193 e. The first-order chi connectivity index (χ1) is 10.5. The SMILES string of the molecule is C=CC(=C)/C=C(\C)C1=C(C(=C)/C=C\C)[B]C(C=C)=C1/C=C\C. The molecular formula is C21H24B. The first kappa shape index (κ1) is 17.8. The molecule has 0 N–H and O–H groups in total. The van der Waals surface area contributed by atoms with E-state index in [9.17, 15) is 0 Å². The van der Waals surface area contributed by atoms with E-state index in [2.05, 4.69) is 52.7 Å². The fourth-order valence-corrected chi connectivity index (χ4v) is 2.49. The molecule has 0 unspecified atom stereocenters. The Bertz CT molecular complexity index is 658. The molecule has 22 heavy (non-hydrogen) atoms. The summed E-state index contributed by atoms with van der Waals surface area (Å²) < 4.78 is 0. The van der Waals surface area contributed by atoms with Crippen molar-refractivity contribution in [3.8, 4) is 0 Å². The van der Waals surface area contributed by atoms with Gasteiger partial charge in [-0.2, -0.15) is 0 Å². The highest BCUT2D eigenvalue weighted by Gasteiger charge is 2.24. The molecule has 0 amide bonds. The van der Waals surface area contributed by atoms with Gasteiger partial charge in [-0.15, -0.1) is 0 Å². The minimum atomic E-state index is 0.896. The van der Waals surface area contributed by atoms with Gasteiger partial charge in [0.05, 0.1) is 0 Å². The molecule has 1 heteroatoms. The van der Waals surface area contributed by atoms with Crippen LogP contribution in [0.4, 0.5) is 0 Å². The van der Waals surface area contributed by atoms with Crippen LogP contribution in [0, 0.1) is 0 Å². The Morgan fingerprint density at radius 1 is 1.09 bits per heavy atom. The van der Waals surface area contributed by atoms with E-state index in [1.165, 1.54) is 11.1 Å². The average Bonchev–Trinajstić information content (AvgIpc) is 2.86. The van der Waals surface area contributed by atoms with Gasteiger partial charge < -0.3 is 0 Å². The van der Waals surface area contributed by atoms with Gasteiger partial charge in [-0.1, -0.05) is 79.8 Å². The highest BCUT2D eigenvalue weighted by molar-refractivity contribution is 6.59. The molecule has 111 valence electrons. The summed E-state index contributed by atoms with van der Waals surface area (Å²) in [6.45, 7) is 22.0. The van der Waals surface area contributed by atoms with Crippen LogP contribution in [0.5, 0.6) is 0 Å². The molecule has 0 atom stereocenters. The molecule has 1 aliphatic heterocycles. The second-order valence-corrected chi connectivity index (χ2v) is 5.14. The van der Waals surface area contributed by atoms with Crippen LogP contribution in [0.25, 0.3) is 0 Å². The molecule has 0 nitrogen and oxygen atoms in total. The van der Waals surface area contributed by atoms with Crippen LogP contribution in [0.1, 0.15) is 20.8 Å². The van der Waals surface area contributed by atoms with E-state index in [-0.39, 0.29) is 0 Å². The third-order valence-electron chi connectivity index (χ3n) is 3.47. The molecule has 1 aliphatic rings. The summed E-state index contributed by atoms with van der Waals surface area (Å²) in [5, 5.41) is 0. The van der Waals surface area contributed by atoms with Gasteiger partial charge in [0.1, 0.15) is 0 Å². The quantitative estimate of drug-likeness (QED) is 0.410. The predicted molar refractivity (Wildman–Crippen MR) is 102 cm³/mol. The molecule has 1 radical (unpaired) electrons. The molecule has 0 spiro atoms. The van der Waals surface area contributed by atoms with Crippen LogP contribution in [-0.4, -0.2) is 7.28 Å². The van der Waals surface area contributed by atoms with Crippen LogP contribution >= 0.6 is 0 Å². The van der Waals surface area contributed by atoms with Gasteiger partial charge in [0.2, 0.25) is 0 Å². The summed E-state index contributed by atoms with van der Waals surface area (Å²) in [6.07, 6.45) is 13.9. The van der Waals surface area contributed by atoms with Gasteiger partial charge >= 0.3 is 0 Å². The van der Waals surface area contributed by atoms with Crippen molar-refractivity contribution in [2.75, 3.05) is 0 Å². The van der Waals surface area contributed by atoms with Gasteiger partial charge in [0, 0.05) is 0 Å².